The molecule has 196 valence electrons. The van der Waals surface area contributed by atoms with E-state index in [2.05, 4.69) is 15.5 Å². The molecule has 0 saturated carbocycles. The van der Waals surface area contributed by atoms with E-state index in [4.69, 9.17) is 9.47 Å². The molecule has 2 aliphatic heterocycles. The van der Waals surface area contributed by atoms with E-state index < -0.39 is 58.5 Å². The Hall–Kier alpha value is -3.32. The van der Waals surface area contributed by atoms with Gasteiger partial charge in [0.05, 0.1) is 6.61 Å². The van der Waals surface area contributed by atoms with Gasteiger partial charge in [0.25, 0.3) is 0 Å². The van der Waals surface area contributed by atoms with Gasteiger partial charge in [-0.05, 0) is 26.3 Å². The van der Waals surface area contributed by atoms with E-state index in [1.807, 2.05) is 0 Å². The van der Waals surface area contributed by atoms with Gasteiger partial charge < -0.3 is 24.4 Å². The number of β-lactam (4-membered cyclic amide) rings is 1. The van der Waals surface area contributed by atoms with Gasteiger partial charge in [-0.15, -0.1) is 11.8 Å². The molecule has 36 heavy (non-hydrogen) atoms. The standard InChI is InChI=1S/C23H30N4O8S/c1-6-33-22(32)35-13(2)34-21(31)17-23(3,4)36-20-15(19(30)27(17)20)25-18(29)16(26(5)24-12-28)14-10-8-7-9-11-14/h7-13,15-17,20H,6H2,1-5H3,(H,24,28)(H,25,29)/t13-,15+,16?,17+,20-/m1/s1. The molecule has 1 aromatic rings. The van der Waals surface area contributed by atoms with Gasteiger partial charge in [-0.2, -0.15) is 0 Å². The predicted molar refractivity (Wildman–Crippen MR) is 128 cm³/mol. The predicted octanol–water partition coefficient (Wildman–Crippen LogP) is 0.930. The van der Waals surface area contributed by atoms with Gasteiger partial charge in [0.15, 0.2) is 0 Å². The fraction of sp³-hybridized carbons (Fsp3) is 0.522. The van der Waals surface area contributed by atoms with E-state index in [1.165, 1.54) is 28.6 Å². The van der Waals surface area contributed by atoms with Crippen molar-refractivity contribution >= 4 is 42.1 Å². The third-order valence-corrected chi connectivity index (χ3v) is 7.35. The lowest BCUT2D eigenvalue weighted by atomic mass is 9.95. The molecule has 2 N–H and O–H groups in total. The lowest BCUT2D eigenvalue weighted by Gasteiger charge is -2.44. The molecule has 12 nitrogen and oxygen atoms in total. The summed E-state index contributed by atoms with van der Waals surface area (Å²) in [5.74, 6) is -1.66. The van der Waals surface area contributed by atoms with Crippen LogP contribution in [0.4, 0.5) is 4.79 Å². The third kappa shape index (κ3) is 5.57. The number of amides is 3. The second-order valence-electron chi connectivity index (χ2n) is 8.72. The van der Waals surface area contributed by atoms with E-state index in [0.29, 0.717) is 12.0 Å². The van der Waals surface area contributed by atoms with Crippen molar-refractivity contribution < 1.29 is 38.2 Å². The topological polar surface area (TPSA) is 144 Å². The van der Waals surface area contributed by atoms with Gasteiger partial charge in [0, 0.05) is 18.7 Å². The lowest BCUT2D eigenvalue weighted by molar-refractivity contribution is -0.180. The summed E-state index contributed by atoms with van der Waals surface area (Å²) in [7, 11) is 1.54. The summed E-state index contributed by atoms with van der Waals surface area (Å²) in [4.78, 5) is 63.1. The molecule has 5 atom stereocenters. The van der Waals surface area contributed by atoms with E-state index >= 15 is 0 Å². The van der Waals surface area contributed by atoms with Crippen LogP contribution in [-0.4, -0.2) is 82.4 Å². The smallest absolute Gasteiger partial charge is 0.435 e. The number of fused-ring (bicyclic) bond motifs is 1. The fourth-order valence-corrected chi connectivity index (χ4v) is 5.86. The molecular weight excluding hydrogens is 492 g/mol. The molecule has 3 amide bonds. The van der Waals surface area contributed by atoms with Crippen LogP contribution >= 0.6 is 11.8 Å². The summed E-state index contributed by atoms with van der Waals surface area (Å²) in [6.07, 6.45) is -1.73. The molecule has 0 spiro atoms. The number of nitrogens with zero attached hydrogens (tertiary/aromatic N) is 2. The molecule has 2 heterocycles. The highest BCUT2D eigenvalue weighted by molar-refractivity contribution is 8.01. The summed E-state index contributed by atoms with van der Waals surface area (Å²) in [6, 6.07) is 6.09. The first-order valence-corrected chi connectivity index (χ1v) is 12.2. The zero-order valence-corrected chi connectivity index (χ0v) is 21.4. The number of benzene rings is 1. The number of hydrazine groups is 1. The Labute approximate surface area is 212 Å². The maximum absolute atomic E-state index is 13.2. The maximum Gasteiger partial charge on any atom is 0.511 e. The normalized spacial score (nSPS) is 23.6. The summed E-state index contributed by atoms with van der Waals surface area (Å²) in [5, 5.41) is 3.61. The Kier molecular flexibility index (Phi) is 8.46. The molecule has 2 saturated heterocycles. The van der Waals surface area contributed by atoms with Crippen LogP contribution in [0.15, 0.2) is 30.3 Å². The Balaban J connectivity index is 1.70. The Morgan fingerprint density at radius 3 is 2.50 bits per heavy atom. The summed E-state index contributed by atoms with van der Waals surface area (Å²) in [5.41, 5.74) is 3.07. The number of esters is 1. The highest BCUT2D eigenvalue weighted by Gasteiger charge is 2.64. The lowest BCUT2D eigenvalue weighted by Crippen LogP contribution is -2.71. The minimum absolute atomic E-state index is 0.106. The molecule has 3 rings (SSSR count). The molecule has 1 unspecified atom stereocenters. The van der Waals surface area contributed by atoms with Gasteiger partial charge >= 0.3 is 12.1 Å². The van der Waals surface area contributed by atoms with Crippen molar-refractivity contribution in [1.29, 1.82) is 0 Å². The van der Waals surface area contributed by atoms with Gasteiger partial charge in [0.1, 0.15) is 23.5 Å². The number of likely N-dealkylation sites (N-methyl/N-ethyl adjacent to an activating group) is 1. The largest absolute Gasteiger partial charge is 0.511 e. The average Bonchev–Trinajstić information content (AvgIpc) is 3.06. The number of ether oxygens (including phenoxy) is 3. The van der Waals surface area contributed by atoms with Crippen molar-refractivity contribution in [2.75, 3.05) is 13.7 Å². The van der Waals surface area contributed by atoms with Crippen LogP contribution in [0, 0.1) is 0 Å². The van der Waals surface area contributed by atoms with E-state index in [9.17, 15) is 24.0 Å². The number of thioether (sulfide) groups is 1. The van der Waals surface area contributed by atoms with Gasteiger partial charge in [-0.1, -0.05) is 30.3 Å². The Morgan fingerprint density at radius 1 is 1.22 bits per heavy atom. The quantitative estimate of drug-likeness (QED) is 0.150. The zero-order chi connectivity index (χ0) is 26.6. The Morgan fingerprint density at radius 2 is 1.89 bits per heavy atom. The highest BCUT2D eigenvalue weighted by atomic mass is 32.2. The molecule has 0 aromatic heterocycles. The monoisotopic (exact) mass is 522 g/mol. The fourth-order valence-electron chi connectivity index (χ4n) is 4.24. The van der Waals surface area contributed by atoms with Crippen LogP contribution in [0.1, 0.15) is 39.3 Å². The minimum Gasteiger partial charge on any atom is -0.435 e. The second kappa shape index (κ2) is 11.2. The molecule has 0 radical (unpaired) electrons. The minimum atomic E-state index is -1.21. The first-order chi connectivity index (χ1) is 17.0. The molecule has 2 aliphatic rings. The first-order valence-electron chi connectivity index (χ1n) is 11.3. The number of nitrogens with one attached hydrogen (secondary N) is 2. The van der Waals surface area contributed by atoms with Crippen molar-refractivity contribution in [3.8, 4) is 0 Å². The van der Waals surface area contributed by atoms with Crippen LogP contribution in [-0.2, 0) is 33.4 Å². The zero-order valence-electron chi connectivity index (χ0n) is 20.6. The SMILES string of the molecule is CCOC(=O)O[C@H](C)OC(=O)[C@@H]1N2C(=O)[C@H](NC(=O)C(c3ccccc3)N(C)NC=O)[C@H]2SC1(C)C. The molecule has 0 bridgehead atoms. The maximum atomic E-state index is 13.2. The molecule has 1 aromatic carbocycles. The van der Waals surface area contributed by atoms with Gasteiger partial charge in [-0.25, -0.2) is 14.6 Å². The number of hydrogen-bond donors (Lipinski definition) is 2. The molecule has 0 aliphatic carbocycles. The molecule has 13 heteroatoms. The summed E-state index contributed by atoms with van der Waals surface area (Å²) >= 11 is 1.35. The second-order valence-corrected chi connectivity index (χ2v) is 10.5. The van der Waals surface area contributed by atoms with Gasteiger partial charge in [0.2, 0.25) is 24.5 Å². The van der Waals surface area contributed by atoms with E-state index in [1.54, 1.807) is 58.2 Å². The number of carbonyl (C=O) groups is 5. The number of rotatable bonds is 10. The van der Waals surface area contributed by atoms with Crippen molar-refractivity contribution in [3.63, 3.8) is 0 Å². The number of carbonyl (C=O) groups excluding carboxylic acids is 5. The van der Waals surface area contributed by atoms with Crippen LogP contribution in [0.25, 0.3) is 0 Å². The third-order valence-electron chi connectivity index (χ3n) is 5.78. The van der Waals surface area contributed by atoms with Crippen LogP contribution < -0.4 is 10.7 Å². The van der Waals surface area contributed by atoms with Crippen molar-refractivity contribution in [2.45, 2.75) is 62.2 Å². The molecule has 2 fully saturated rings. The molecular formula is C23H30N4O8S. The van der Waals surface area contributed by atoms with Crippen LogP contribution in [0.5, 0.6) is 0 Å². The summed E-state index contributed by atoms with van der Waals surface area (Å²) in [6.45, 7) is 6.67. The van der Waals surface area contributed by atoms with Crippen molar-refractivity contribution in [2.24, 2.45) is 0 Å². The van der Waals surface area contributed by atoms with Gasteiger partial charge in [-0.3, -0.25) is 19.8 Å². The average molecular weight is 523 g/mol. The van der Waals surface area contributed by atoms with Crippen LogP contribution in [0.3, 0.4) is 0 Å². The first kappa shape index (κ1) is 27.3. The van der Waals surface area contributed by atoms with E-state index in [-0.39, 0.29) is 6.61 Å². The van der Waals surface area contributed by atoms with E-state index in [0.717, 1.165) is 0 Å². The highest BCUT2D eigenvalue weighted by Crippen LogP contribution is 2.51. The number of hydrogen-bond acceptors (Lipinski definition) is 10. The van der Waals surface area contributed by atoms with Crippen molar-refractivity contribution in [1.82, 2.24) is 20.7 Å². The Bertz CT molecular complexity index is 1010. The van der Waals surface area contributed by atoms with Crippen LogP contribution in [0.2, 0.25) is 0 Å². The van der Waals surface area contributed by atoms with Crippen molar-refractivity contribution in [3.05, 3.63) is 35.9 Å². The summed E-state index contributed by atoms with van der Waals surface area (Å²) < 4.78 is 14.1.